The largest absolute Gasteiger partial charge is 0.435 e. The maximum absolute atomic E-state index is 12.7. The summed E-state index contributed by atoms with van der Waals surface area (Å²) in [7, 11) is 0. The second-order valence-corrected chi connectivity index (χ2v) is 3.65. The standard InChI is InChI=1S/C10H9ClFNO2/c11-5-10(6-13-9(14)15-10)7-1-3-8(12)4-2-7/h1-4H,5-6H2,(H,13,14)/t10-/m1/s1. The number of amides is 1. The van der Waals surface area contributed by atoms with Crippen LogP contribution in [0.1, 0.15) is 5.56 Å². The number of rotatable bonds is 2. The Morgan fingerprint density at radius 3 is 2.60 bits per heavy atom. The van der Waals surface area contributed by atoms with E-state index in [0.717, 1.165) is 0 Å². The molecule has 1 fully saturated rings. The van der Waals surface area contributed by atoms with Crippen LogP contribution < -0.4 is 5.32 Å². The van der Waals surface area contributed by atoms with Gasteiger partial charge in [0.2, 0.25) is 0 Å². The fourth-order valence-electron chi connectivity index (χ4n) is 1.53. The van der Waals surface area contributed by atoms with E-state index in [1.165, 1.54) is 12.1 Å². The van der Waals surface area contributed by atoms with Crippen molar-refractivity contribution in [2.24, 2.45) is 0 Å². The molecule has 1 aliphatic heterocycles. The first kappa shape index (κ1) is 10.2. The van der Waals surface area contributed by atoms with Crippen molar-refractivity contribution in [1.29, 1.82) is 0 Å². The Morgan fingerprint density at radius 1 is 1.47 bits per heavy atom. The van der Waals surface area contributed by atoms with Crippen LogP contribution in [0.25, 0.3) is 0 Å². The zero-order chi connectivity index (χ0) is 10.9. The topological polar surface area (TPSA) is 38.3 Å². The minimum Gasteiger partial charge on any atom is -0.435 e. The van der Waals surface area contributed by atoms with Crippen LogP contribution in [0, 0.1) is 5.82 Å². The van der Waals surface area contributed by atoms with Crippen molar-refractivity contribution in [3.05, 3.63) is 35.6 Å². The molecule has 1 aromatic carbocycles. The monoisotopic (exact) mass is 229 g/mol. The third-order valence-electron chi connectivity index (χ3n) is 2.39. The number of cyclic esters (lactones) is 1. The van der Waals surface area contributed by atoms with Gasteiger partial charge in [0.1, 0.15) is 5.82 Å². The van der Waals surface area contributed by atoms with Crippen molar-refractivity contribution in [2.45, 2.75) is 5.60 Å². The van der Waals surface area contributed by atoms with Crippen molar-refractivity contribution >= 4 is 17.7 Å². The SMILES string of the molecule is O=C1NC[C@](CCl)(c2ccc(F)cc2)O1. The number of carbonyl (C=O) groups is 1. The van der Waals surface area contributed by atoms with Gasteiger partial charge in [0.05, 0.1) is 12.4 Å². The highest BCUT2D eigenvalue weighted by Gasteiger charge is 2.41. The zero-order valence-electron chi connectivity index (χ0n) is 7.80. The Balaban J connectivity index is 2.34. The van der Waals surface area contributed by atoms with E-state index in [-0.39, 0.29) is 11.7 Å². The number of alkyl halides is 1. The molecule has 15 heavy (non-hydrogen) atoms. The second-order valence-electron chi connectivity index (χ2n) is 3.38. The van der Waals surface area contributed by atoms with Gasteiger partial charge in [-0.25, -0.2) is 9.18 Å². The Morgan fingerprint density at radius 2 is 2.13 bits per heavy atom. The Bertz CT molecular complexity index is 382. The average Bonchev–Trinajstić information content (AvgIpc) is 2.62. The molecule has 0 spiro atoms. The molecule has 0 bridgehead atoms. The highest BCUT2D eigenvalue weighted by atomic mass is 35.5. The van der Waals surface area contributed by atoms with Gasteiger partial charge >= 0.3 is 6.09 Å². The summed E-state index contributed by atoms with van der Waals surface area (Å²) in [6.07, 6.45) is -0.500. The van der Waals surface area contributed by atoms with E-state index in [1.54, 1.807) is 12.1 Å². The van der Waals surface area contributed by atoms with Crippen molar-refractivity contribution < 1.29 is 13.9 Å². The Hall–Kier alpha value is -1.29. The van der Waals surface area contributed by atoms with Crippen LogP contribution in [0.3, 0.4) is 0 Å². The lowest BCUT2D eigenvalue weighted by molar-refractivity contribution is 0.0731. The number of ether oxygens (including phenoxy) is 1. The quantitative estimate of drug-likeness (QED) is 0.788. The predicted octanol–water partition coefficient (Wildman–Crippen LogP) is 2.00. The molecule has 1 saturated heterocycles. The van der Waals surface area contributed by atoms with E-state index in [0.29, 0.717) is 12.1 Å². The molecule has 1 heterocycles. The molecule has 2 rings (SSSR count). The second kappa shape index (κ2) is 3.70. The van der Waals surface area contributed by atoms with E-state index in [2.05, 4.69) is 5.32 Å². The van der Waals surface area contributed by atoms with Gasteiger partial charge in [0.25, 0.3) is 0 Å². The molecule has 1 atom stereocenters. The van der Waals surface area contributed by atoms with Gasteiger partial charge in [-0.2, -0.15) is 0 Å². The third kappa shape index (κ3) is 1.77. The first-order chi connectivity index (χ1) is 7.16. The minimum absolute atomic E-state index is 0.136. The molecule has 1 amide bonds. The third-order valence-corrected chi connectivity index (χ3v) is 2.82. The lowest BCUT2D eigenvalue weighted by atomic mass is 9.96. The number of nitrogens with one attached hydrogen (secondary N) is 1. The lowest BCUT2D eigenvalue weighted by Gasteiger charge is -2.23. The zero-order valence-corrected chi connectivity index (χ0v) is 8.55. The van der Waals surface area contributed by atoms with Crippen molar-refractivity contribution in [3.8, 4) is 0 Å². The summed E-state index contributed by atoms with van der Waals surface area (Å²) in [5.74, 6) is -0.196. The predicted molar refractivity (Wildman–Crippen MR) is 53.3 cm³/mol. The fourth-order valence-corrected chi connectivity index (χ4v) is 1.83. The summed E-state index contributed by atoms with van der Waals surface area (Å²) >= 11 is 5.79. The fraction of sp³-hybridized carbons (Fsp3) is 0.300. The van der Waals surface area contributed by atoms with Crippen molar-refractivity contribution in [1.82, 2.24) is 5.32 Å². The van der Waals surface area contributed by atoms with Crippen LogP contribution in [0.4, 0.5) is 9.18 Å². The summed E-state index contributed by atoms with van der Waals surface area (Å²) in [6.45, 7) is 0.307. The van der Waals surface area contributed by atoms with Crippen LogP contribution in [-0.2, 0) is 10.3 Å². The summed E-state index contributed by atoms with van der Waals surface area (Å²) in [5.41, 5.74) is -0.177. The van der Waals surface area contributed by atoms with E-state index in [9.17, 15) is 9.18 Å². The Kier molecular flexibility index (Phi) is 2.52. The molecule has 0 saturated carbocycles. The molecular weight excluding hydrogens is 221 g/mol. The molecule has 0 radical (unpaired) electrons. The van der Waals surface area contributed by atoms with Crippen molar-refractivity contribution in [2.75, 3.05) is 12.4 Å². The van der Waals surface area contributed by atoms with Crippen molar-refractivity contribution in [3.63, 3.8) is 0 Å². The van der Waals surface area contributed by atoms with E-state index in [1.807, 2.05) is 0 Å². The summed E-state index contributed by atoms with van der Waals surface area (Å²) in [4.78, 5) is 11.0. The van der Waals surface area contributed by atoms with Gasteiger partial charge in [0, 0.05) is 0 Å². The number of hydrogen-bond acceptors (Lipinski definition) is 2. The van der Waals surface area contributed by atoms with Gasteiger partial charge in [-0.05, 0) is 17.7 Å². The molecule has 0 unspecified atom stereocenters. The first-order valence-corrected chi connectivity index (χ1v) is 4.99. The molecule has 1 aliphatic rings. The summed E-state index contributed by atoms with van der Waals surface area (Å²) in [5, 5.41) is 2.54. The molecule has 0 aliphatic carbocycles. The number of carbonyl (C=O) groups excluding carboxylic acids is 1. The normalized spacial score (nSPS) is 24.8. The summed E-state index contributed by atoms with van der Waals surface area (Å²) in [6, 6.07) is 5.77. The summed E-state index contributed by atoms with van der Waals surface area (Å²) < 4.78 is 17.8. The molecular formula is C10H9ClFNO2. The number of alkyl carbamates (subject to hydrolysis) is 1. The smallest absolute Gasteiger partial charge is 0.408 e. The molecule has 80 valence electrons. The van der Waals surface area contributed by atoms with E-state index < -0.39 is 11.7 Å². The van der Waals surface area contributed by atoms with Crippen LogP contribution in [0.2, 0.25) is 0 Å². The maximum Gasteiger partial charge on any atom is 0.408 e. The van der Waals surface area contributed by atoms with Gasteiger partial charge in [-0.15, -0.1) is 11.6 Å². The van der Waals surface area contributed by atoms with E-state index in [4.69, 9.17) is 16.3 Å². The van der Waals surface area contributed by atoms with Gasteiger partial charge in [-0.3, -0.25) is 0 Å². The highest BCUT2D eigenvalue weighted by Crippen LogP contribution is 2.30. The first-order valence-electron chi connectivity index (χ1n) is 4.45. The molecule has 5 heteroatoms. The van der Waals surface area contributed by atoms with Gasteiger partial charge in [0.15, 0.2) is 5.60 Å². The average molecular weight is 230 g/mol. The molecule has 1 N–H and O–H groups in total. The molecule has 3 nitrogen and oxygen atoms in total. The maximum atomic E-state index is 12.7. The highest BCUT2D eigenvalue weighted by molar-refractivity contribution is 6.18. The lowest BCUT2D eigenvalue weighted by Crippen LogP contribution is -2.32. The Labute approximate surface area is 91.2 Å². The molecule has 0 aromatic heterocycles. The number of hydrogen-bond donors (Lipinski definition) is 1. The van der Waals surface area contributed by atoms with Gasteiger partial charge < -0.3 is 10.1 Å². The number of halogens is 2. The molecule has 1 aromatic rings. The van der Waals surface area contributed by atoms with Crippen LogP contribution in [0.15, 0.2) is 24.3 Å². The van der Waals surface area contributed by atoms with Gasteiger partial charge in [-0.1, -0.05) is 12.1 Å². The van der Waals surface area contributed by atoms with Crippen LogP contribution in [0.5, 0.6) is 0 Å². The minimum atomic E-state index is -0.869. The van der Waals surface area contributed by atoms with E-state index >= 15 is 0 Å². The van der Waals surface area contributed by atoms with Crippen LogP contribution >= 0.6 is 11.6 Å². The van der Waals surface area contributed by atoms with Crippen LogP contribution in [-0.4, -0.2) is 18.5 Å². The number of benzene rings is 1.